The number of ether oxygens (including phenoxy) is 1. The van der Waals surface area contributed by atoms with Crippen molar-refractivity contribution in [1.82, 2.24) is 0 Å². The van der Waals surface area contributed by atoms with Crippen molar-refractivity contribution in [3.05, 3.63) is 89.5 Å². The van der Waals surface area contributed by atoms with E-state index in [9.17, 15) is 4.79 Å². The van der Waals surface area contributed by atoms with E-state index in [0.29, 0.717) is 12.2 Å². The zero-order valence-electron chi connectivity index (χ0n) is 14.8. The van der Waals surface area contributed by atoms with Gasteiger partial charge in [0.25, 0.3) is 6.47 Å². The maximum absolute atomic E-state index is 10.4. The third-order valence-corrected chi connectivity index (χ3v) is 4.75. The average molecular weight is 330 g/mol. The smallest absolute Gasteiger partial charge is 0.298 e. The number of carbonyl (C=O) groups is 1. The lowest BCUT2D eigenvalue weighted by Gasteiger charge is -2.26. The van der Waals surface area contributed by atoms with Gasteiger partial charge in [-0.25, -0.2) is 0 Å². The fourth-order valence-electron chi connectivity index (χ4n) is 3.00. The Kier molecular flexibility index (Phi) is 4.71. The minimum Gasteiger partial charge on any atom is -0.429 e. The number of hydrogen-bond acceptors (Lipinski definition) is 2. The van der Waals surface area contributed by atoms with Crippen LogP contribution < -0.4 is 4.74 Å². The van der Waals surface area contributed by atoms with Crippen molar-refractivity contribution in [3.63, 3.8) is 0 Å². The molecule has 3 rings (SSSR count). The van der Waals surface area contributed by atoms with E-state index >= 15 is 0 Å². The zero-order valence-corrected chi connectivity index (χ0v) is 14.8. The summed E-state index contributed by atoms with van der Waals surface area (Å²) in [6, 6.07) is 24.9. The molecule has 0 saturated heterocycles. The second-order valence-corrected chi connectivity index (χ2v) is 6.81. The molecule has 2 heteroatoms. The van der Waals surface area contributed by atoms with E-state index in [1.54, 1.807) is 12.1 Å². The summed E-state index contributed by atoms with van der Waals surface area (Å²) in [6.07, 6.45) is 0. The quantitative estimate of drug-likeness (QED) is 0.576. The molecule has 0 aliphatic carbocycles. The lowest BCUT2D eigenvalue weighted by atomic mass is 9.77. The molecule has 25 heavy (non-hydrogen) atoms. The van der Waals surface area contributed by atoms with Crippen LogP contribution in [0, 0.1) is 6.92 Å². The lowest BCUT2D eigenvalue weighted by molar-refractivity contribution is -0.120. The highest BCUT2D eigenvalue weighted by Gasteiger charge is 2.22. The molecule has 0 aromatic heterocycles. The minimum absolute atomic E-state index is 0.0477. The molecule has 0 radical (unpaired) electrons. The van der Waals surface area contributed by atoms with E-state index in [1.165, 1.54) is 16.7 Å². The molecule has 0 bridgehead atoms. The van der Waals surface area contributed by atoms with Gasteiger partial charge in [-0.3, -0.25) is 4.79 Å². The van der Waals surface area contributed by atoms with E-state index in [4.69, 9.17) is 4.74 Å². The summed E-state index contributed by atoms with van der Waals surface area (Å²) < 4.78 is 4.84. The topological polar surface area (TPSA) is 26.3 Å². The van der Waals surface area contributed by atoms with Gasteiger partial charge in [-0.05, 0) is 41.3 Å². The molecule has 0 aliphatic heterocycles. The first-order valence-electron chi connectivity index (χ1n) is 8.39. The molecular formula is C23H22O2. The predicted octanol–water partition coefficient (Wildman–Crippen LogP) is 5.52. The largest absolute Gasteiger partial charge is 0.429 e. The maximum atomic E-state index is 10.4. The van der Waals surface area contributed by atoms with Crippen LogP contribution in [0.5, 0.6) is 5.75 Å². The third-order valence-electron chi connectivity index (χ3n) is 4.75. The molecule has 3 aromatic rings. The Bertz CT molecular complexity index is 842. The molecule has 0 spiro atoms. The summed E-state index contributed by atoms with van der Waals surface area (Å²) >= 11 is 0. The predicted molar refractivity (Wildman–Crippen MR) is 102 cm³/mol. The van der Waals surface area contributed by atoms with Gasteiger partial charge in [0.2, 0.25) is 0 Å². The van der Waals surface area contributed by atoms with Crippen LogP contribution in [0.4, 0.5) is 0 Å². The molecule has 3 aromatic carbocycles. The highest BCUT2D eigenvalue weighted by atomic mass is 16.5. The molecule has 2 nitrogen and oxygen atoms in total. The van der Waals surface area contributed by atoms with Crippen LogP contribution in [0.15, 0.2) is 72.8 Å². The van der Waals surface area contributed by atoms with Gasteiger partial charge in [-0.2, -0.15) is 0 Å². The average Bonchev–Trinajstić information content (AvgIpc) is 2.63. The Labute approximate surface area is 149 Å². The third kappa shape index (κ3) is 3.63. The van der Waals surface area contributed by atoms with E-state index in [0.717, 1.165) is 11.1 Å². The van der Waals surface area contributed by atoms with Crippen molar-refractivity contribution in [2.75, 3.05) is 0 Å². The SMILES string of the molecule is Cc1ccc(C(C)(C)c2ccc(-c3ccc(OC=O)cc3)cc2)cc1. The Morgan fingerprint density at radius 1 is 0.720 bits per heavy atom. The van der Waals surface area contributed by atoms with Gasteiger partial charge in [0, 0.05) is 5.41 Å². The molecule has 0 unspecified atom stereocenters. The Hall–Kier alpha value is -2.87. The number of aryl methyl sites for hydroxylation is 1. The minimum atomic E-state index is -0.0477. The van der Waals surface area contributed by atoms with Crippen molar-refractivity contribution in [3.8, 4) is 16.9 Å². The summed E-state index contributed by atoms with van der Waals surface area (Å²) in [5.41, 5.74) is 6.05. The van der Waals surface area contributed by atoms with E-state index in [2.05, 4.69) is 69.3 Å². The monoisotopic (exact) mass is 330 g/mol. The first-order chi connectivity index (χ1) is 12.0. The molecule has 0 amide bonds. The van der Waals surface area contributed by atoms with Crippen molar-refractivity contribution in [1.29, 1.82) is 0 Å². The molecule has 0 saturated carbocycles. The van der Waals surface area contributed by atoms with Gasteiger partial charge in [0.15, 0.2) is 0 Å². The van der Waals surface area contributed by atoms with Crippen LogP contribution in [0.1, 0.15) is 30.5 Å². The standard InChI is InChI=1S/C23H22O2/c1-17-4-10-20(11-5-17)23(2,3)21-12-6-18(7-13-21)19-8-14-22(15-9-19)25-16-24/h4-16H,1-3H3. The van der Waals surface area contributed by atoms with E-state index in [-0.39, 0.29) is 5.41 Å². The highest BCUT2D eigenvalue weighted by Crippen LogP contribution is 2.33. The van der Waals surface area contributed by atoms with Gasteiger partial charge in [0.05, 0.1) is 0 Å². The fraction of sp³-hybridized carbons (Fsp3) is 0.174. The Morgan fingerprint density at radius 3 is 1.64 bits per heavy atom. The highest BCUT2D eigenvalue weighted by molar-refractivity contribution is 5.65. The molecule has 126 valence electrons. The van der Waals surface area contributed by atoms with Crippen LogP contribution in [-0.4, -0.2) is 6.47 Å². The van der Waals surface area contributed by atoms with Crippen LogP contribution in [0.2, 0.25) is 0 Å². The van der Waals surface area contributed by atoms with Crippen LogP contribution in [-0.2, 0) is 10.2 Å². The van der Waals surface area contributed by atoms with Gasteiger partial charge in [-0.1, -0.05) is 80.1 Å². The van der Waals surface area contributed by atoms with Gasteiger partial charge >= 0.3 is 0 Å². The summed E-state index contributed by atoms with van der Waals surface area (Å²) in [5.74, 6) is 0.552. The number of hydrogen-bond donors (Lipinski definition) is 0. The Balaban J connectivity index is 1.86. The van der Waals surface area contributed by atoms with E-state index in [1.807, 2.05) is 12.1 Å². The summed E-state index contributed by atoms with van der Waals surface area (Å²) in [4.78, 5) is 10.4. The number of benzene rings is 3. The van der Waals surface area contributed by atoms with E-state index < -0.39 is 0 Å². The summed E-state index contributed by atoms with van der Waals surface area (Å²) in [6.45, 7) is 7.05. The molecule has 0 aliphatic rings. The second kappa shape index (κ2) is 6.94. The summed E-state index contributed by atoms with van der Waals surface area (Å²) in [7, 11) is 0. The van der Waals surface area contributed by atoms with Gasteiger partial charge in [-0.15, -0.1) is 0 Å². The molecule has 0 N–H and O–H groups in total. The van der Waals surface area contributed by atoms with Crippen molar-refractivity contribution >= 4 is 6.47 Å². The molecule has 0 atom stereocenters. The van der Waals surface area contributed by atoms with Crippen molar-refractivity contribution in [2.45, 2.75) is 26.2 Å². The molecule has 0 heterocycles. The number of rotatable bonds is 5. The van der Waals surface area contributed by atoms with Crippen LogP contribution in [0.25, 0.3) is 11.1 Å². The first-order valence-corrected chi connectivity index (χ1v) is 8.39. The molecule has 0 fully saturated rings. The number of carbonyl (C=O) groups excluding carboxylic acids is 1. The van der Waals surface area contributed by atoms with Crippen molar-refractivity contribution < 1.29 is 9.53 Å². The van der Waals surface area contributed by atoms with Gasteiger partial charge < -0.3 is 4.74 Å². The summed E-state index contributed by atoms with van der Waals surface area (Å²) in [5, 5.41) is 0. The first kappa shape index (κ1) is 17.0. The maximum Gasteiger partial charge on any atom is 0.298 e. The van der Waals surface area contributed by atoms with Crippen molar-refractivity contribution in [2.24, 2.45) is 0 Å². The van der Waals surface area contributed by atoms with Gasteiger partial charge in [0.1, 0.15) is 5.75 Å². The second-order valence-electron chi connectivity index (χ2n) is 6.81. The zero-order chi connectivity index (χ0) is 17.9. The molecular weight excluding hydrogens is 308 g/mol. The lowest BCUT2D eigenvalue weighted by Crippen LogP contribution is -2.18. The normalized spacial score (nSPS) is 11.2. The van der Waals surface area contributed by atoms with Crippen LogP contribution in [0.3, 0.4) is 0 Å². The Morgan fingerprint density at radius 2 is 1.16 bits per heavy atom. The van der Waals surface area contributed by atoms with Crippen LogP contribution >= 0.6 is 0 Å². The fourth-order valence-corrected chi connectivity index (χ4v) is 3.00.